The van der Waals surface area contributed by atoms with Gasteiger partial charge in [-0.15, -0.1) is 0 Å². The molecule has 4 N–H and O–H groups in total. The van der Waals surface area contributed by atoms with Gasteiger partial charge in [-0.25, -0.2) is 0 Å². The van der Waals surface area contributed by atoms with Crippen molar-refractivity contribution in [2.24, 2.45) is 0 Å². The molecule has 0 aliphatic rings. The van der Waals surface area contributed by atoms with Gasteiger partial charge in [0.2, 0.25) is 0 Å². The number of carboxylic acid groups (broad SMARTS) is 1. The molecule has 0 heterocycles. The van der Waals surface area contributed by atoms with E-state index in [0.717, 1.165) is 12.8 Å². The molecule has 0 fully saturated rings. The van der Waals surface area contributed by atoms with E-state index in [1.807, 2.05) is 0 Å². The van der Waals surface area contributed by atoms with Crippen molar-refractivity contribution in [3.05, 3.63) is 0 Å². The van der Waals surface area contributed by atoms with Crippen LogP contribution in [0.4, 0.5) is 0 Å². The molecule has 0 saturated heterocycles. The molecule has 0 saturated carbocycles. The van der Waals surface area contributed by atoms with Crippen LogP contribution < -0.4 is 6.15 Å². The summed E-state index contributed by atoms with van der Waals surface area (Å²) < 4.78 is 0. The van der Waals surface area contributed by atoms with Gasteiger partial charge in [0.1, 0.15) is 0 Å². The number of carboxylic acids is 1. The average Bonchev–Trinajstić information content (AvgIpc) is 2.39. The quantitative estimate of drug-likeness (QED) is 0.261. The Morgan fingerprint density at radius 2 is 0.952 bits per heavy atom. The van der Waals surface area contributed by atoms with Gasteiger partial charge in [-0.2, -0.15) is 0 Å². The van der Waals surface area contributed by atoms with Crippen LogP contribution in [-0.4, -0.2) is 11.1 Å². The zero-order valence-electron chi connectivity index (χ0n) is 14.7. The Morgan fingerprint density at radius 1 is 0.667 bits per heavy atom. The predicted octanol–water partition coefficient (Wildman–Crippen LogP) is 6.10. The van der Waals surface area contributed by atoms with Crippen molar-refractivity contribution in [2.45, 2.75) is 103 Å². The molecule has 1 radical (unpaired) electrons. The summed E-state index contributed by atoms with van der Waals surface area (Å²) in [6.07, 6.45) is 18.7. The maximum Gasteiger partial charge on any atom is 0.303 e. The number of hydrogen-bond acceptors (Lipinski definition) is 2. The first-order chi connectivity index (χ1) is 9.27. The van der Waals surface area contributed by atoms with Crippen LogP contribution in [0.15, 0.2) is 0 Å². The minimum Gasteiger partial charge on any atom is -0.481 e. The van der Waals surface area contributed by atoms with Gasteiger partial charge < -0.3 is 11.3 Å². The molecule has 0 atom stereocenters. The Labute approximate surface area is 173 Å². The van der Waals surface area contributed by atoms with Crippen LogP contribution in [0.1, 0.15) is 103 Å². The molecule has 0 aromatic rings. The van der Waals surface area contributed by atoms with Gasteiger partial charge >= 0.3 is 5.97 Å². The van der Waals surface area contributed by atoms with Crippen LogP contribution in [0, 0.1) is 49.9 Å². The van der Waals surface area contributed by atoms with Crippen molar-refractivity contribution < 1.29 is 59.8 Å². The summed E-state index contributed by atoms with van der Waals surface area (Å²) in [6.45, 7) is 2.27. The molecule has 0 aromatic carbocycles. The molecule has 0 unspecified atom stereocenters. The summed E-state index contributed by atoms with van der Waals surface area (Å²) in [6, 6.07) is 0. The number of aliphatic carboxylic acids is 1. The molecule has 0 aliphatic carbocycles. The normalized spacial score (nSPS) is 9.76. The van der Waals surface area contributed by atoms with Crippen molar-refractivity contribution in [2.75, 3.05) is 0 Å². The van der Waals surface area contributed by atoms with E-state index in [-0.39, 0.29) is 56.0 Å². The summed E-state index contributed by atoms with van der Waals surface area (Å²) in [4.78, 5) is 10.3. The minimum atomic E-state index is -0.654. The van der Waals surface area contributed by atoms with E-state index in [1.54, 1.807) is 0 Å². The zero-order chi connectivity index (χ0) is 14.2. The van der Waals surface area contributed by atoms with Gasteiger partial charge in [0, 0.05) is 56.3 Å². The first kappa shape index (κ1) is 26.9. The van der Waals surface area contributed by atoms with Gasteiger partial charge in [0.15, 0.2) is 0 Å². The third-order valence-corrected chi connectivity index (χ3v) is 3.74. The predicted molar refractivity (Wildman–Crippen MR) is 87.6 cm³/mol. The van der Waals surface area contributed by atoms with Gasteiger partial charge in [-0.05, 0) is 6.42 Å². The Balaban J connectivity index is -0.00000162. The molecule has 21 heavy (non-hydrogen) atoms. The fraction of sp³-hybridized carbons (Fsp3) is 0.941. The maximum atomic E-state index is 10.3. The molecule has 3 nitrogen and oxygen atoms in total. The van der Waals surface area contributed by atoms with Crippen molar-refractivity contribution in [3.8, 4) is 0 Å². The third-order valence-electron chi connectivity index (χ3n) is 3.74. The maximum absolute atomic E-state index is 10.3. The van der Waals surface area contributed by atoms with Crippen LogP contribution >= 0.6 is 0 Å². The van der Waals surface area contributed by atoms with Crippen molar-refractivity contribution in [3.63, 3.8) is 0 Å². The van der Waals surface area contributed by atoms with Crippen molar-refractivity contribution in [1.29, 1.82) is 0 Å². The van der Waals surface area contributed by atoms with Gasteiger partial charge in [-0.1, -0.05) is 90.4 Å². The molecule has 4 heteroatoms. The summed E-state index contributed by atoms with van der Waals surface area (Å²) >= 11 is 0. The van der Waals surface area contributed by atoms with Gasteiger partial charge in [0.25, 0.3) is 0 Å². The molecule has 0 spiro atoms. The van der Waals surface area contributed by atoms with Crippen LogP contribution in [0.5, 0.6) is 0 Å². The Hall–Kier alpha value is 1.03. The molecule has 0 aliphatic heterocycles. The summed E-state index contributed by atoms with van der Waals surface area (Å²) in [5, 5.41) is 8.50. The van der Waals surface area contributed by atoms with E-state index in [2.05, 4.69) is 6.92 Å². The standard InChI is InChI=1S/C17H34O2.Fr.H3N/c1-2-3-4-5-6-7-8-9-10-11-12-13-14-15-16-17(18)19;;/h2-16H2,1H3,(H,18,19);;1H3. The van der Waals surface area contributed by atoms with E-state index in [4.69, 9.17) is 5.11 Å². The second-order valence-corrected chi connectivity index (χ2v) is 5.74. The van der Waals surface area contributed by atoms with Crippen LogP contribution in [0.3, 0.4) is 0 Å². The molecule has 0 amide bonds. The molecule has 0 rings (SSSR count). The Kier molecular flexibility index (Phi) is 29.8. The average molecular weight is 510 g/mol. The van der Waals surface area contributed by atoms with E-state index >= 15 is 0 Å². The van der Waals surface area contributed by atoms with Crippen LogP contribution in [0.2, 0.25) is 0 Å². The van der Waals surface area contributed by atoms with E-state index in [0.29, 0.717) is 6.42 Å². The number of hydrogen-bond donors (Lipinski definition) is 2. The monoisotopic (exact) mass is 510 g/mol. The van der Waals surface area contributed by atoms with E-state index < -0.39 is 5.97 Å². The molecule has 123 valence electrons. The van der Waals surface area contributed by atoms with Crippen molar-refractivity contribution in [1.82, 2.24) is 6.15 Å². The van der Waals surface area contributed by atoms with Gasteiger partial charge in [0.05, 0.1) is 0 Å². The largest absolute Gasteiger partial charge is 0.481 e. The topological polar surface area (TPSA) is 72.3 Å². The molecule has 0 bridgehead atoms. The van der Waals surface area contributed by atoms with Crippen molar-refractivity contribution >= 4 is 5.97 Å². The SMILES string of the molecule is CCCCCCCCCCCCCCCCC(=O)O.N.[Fr]. The number of rotatable bonds is 15. The van der Waals surface area contributed by atoms with E-state index in [1.165, 1.54) is 77.0 Å². The minimum absolute atomic E-state index is 0. The van der Waals surface area contributed by atoms with Gasteiger partial charge in [-0.3, -0.25) is 4.79 Å². The van der Waals surface area contributed by atoms with Crippen LogP contribution in [0.25, 0.3) is 0 Å². The summed E-state index contributed by atoms with van der Waals surface area (Å²) in [5.74, 6) is -0.654. The number of carbonyl (C=O) groups is 1. The first-order valence-corrected chi connectivity index (χ1v) is 8.49. The summed E-state index contributed by atoms with van der Waals surface area (Å²) in [5.41, 5.74) is 0. The smallest absolute Gasteiger partial charge is 0.303 e. The first-order valence-electron chi connectivity index (χ1n) is 8.49. The second-order valence-electron chi connectivity index (χ2n) is 5.74. The Morgan fingerprint density at radius 3 is 1.24 bits per heavy atom. The summed E-state index contributed by atoms with van der Waals surface area (Å²) in [7, 11) is 0. The fourth-order valence-electron chi connectivity index (χ4n) is 2.47. The zero-order valence-corrected chi connectivity index (χ0v) is 22.9. The third kappa shape index (κ3) is 26.3. The fourth-order valence-corrected chi connectivity index (χ4v) is 2.47. The van der Waals surface area contributed by atoms with Crippen LogP contribution in [-0.2, 0) is 4.79 Å². The second kappa shape index (κ2) is 23.3. The molecular weight excluding hydrogens is 473 g/mol. The van der Waals surface area contributed by atoms with E-state index in [9.17, 15) is 4.79 Å². The molecule has 0 aromatic heterocycles. The Bertz CT molecular complexity index is 201. The number of unbranched alkanes of at least 4 members (excludes halogenated alkanes) is 13. The molecular formula is C17H37FrNO2.